The summed E-state index contributed by atoms with van der Waals surface area (Å²) in [7, 11) is 0. The molecule has 5 heteroatoms. The van der Waals surface area contributed by atoms with Gasteiger partial charge in [-0.1, -0.05) is 19.3 Å². The molecule has 1 heterocycles. The molecule has 1 amide bonds. The Kier molecular flexibility index (Phi) is 5.64. The van der Waals surface area contributed by atoms with Crippen LogP contribution in [-0.2, 0) is 17.1 Å². The normalized spacial score (nSPS) is 18.2. The van der Waals surface area contributed by atoms with Crippen molar-refractivity contribution < 1.29 is 4.79 Å². The number of amides is 1. The highest BCUT2D eigenvalue weighted by molar-refractivity contribution is 7.09. The molecular formula is C14H21ClN2OS. The molecule has 106 valence electrons. The van der Waals surface area contributed by atoms with Crippen molar-refractivity contribution in [3.8, 4) is 0 Å². The fourth-order valence-electron chi connectivity index (χ4n) is 2.69. The maximum absolute atomic E-state index is 12.0. The van der Waals surface area contributed by atoms with E-state index in [1.165, 1.54) is 43.4 Å². The molecule has 1 aliphatic rings. The third-order valence-electron chi connectivity index (χ3n) is 3.79. The lowest BCUT2D eigenvalue weighted by molar-refractivity contribution is -0.121. The highest BCUT2D eigenvalue weighted by Crippen LogP contribution is 2.26. The van der Waals surface area contributed by atoms with Gasteiger partial charge in [0, 0.05) is 11.4 Å². The number of hydrogen-bond acceptors (Lipinski definition) is 3. The van der Waals surface area contributed by atoms with Crippen LogP contribution in [-0.4, -0.2) is 16.9 Å². The molecule has 1 aromatic rings. The molecule has 1 unspecified atom stereocenters. The van der Waals surface area contributed by atoms with E-state index in [9.17, 15) is 4.79 Å². The average molecular weight is 301 g/mol. The van der Waals surface area contributed by atoms with Gasteiger partial charge in [0.2, 0.25) is 5.91 Å². The fraction of sp³-hybridized carbons (Fsp3) is 0.714. The molecule has 0 saturated heterocycles. The van der Waals surface area contributed by atoms with Gasteiger partial charge in [0.15, 0.2) is 0 Å². The molecular weight excluding hydrogens is 280 g/mol. The number of rotatable bonds is 5. The fourth-order valence-corrected chi connectivity index (χ4v) is 3.71. The van der Waals surface area contributed by atoms with Crippen LogP contribution in [0.5, 0.6) is 0 Å². The Hall–Kier alpha value is -0.610. The standard InChI is InChI=1S/C14H21ClN2OS/c1-10(11-5-3-2-4-6-11)16-13(18)7-14-17-12(8-15)9-19-14/h9-11H,2-8H2,1H3,(H,16,18). The summed E-state index contributed by atoms with van der Waals surface area (Å²) in [5.41, 5.74) is 0.856. The number of aromatic nitrogens is 1. The Morgan fingerprint density at radius 3 is 2.89 bits per heavy atom. The molecule has 1 N–H and O–H groups in total. The van der Waals surface area contributed by atoms with Crippen LogP contribution in [0.25, 0.3) is 0 Å². The monoisotopic (exact) mass is 300 g/mol. The summed E-state index contributed by atoms with van der Waals surface area (Å²) >= 11 is 7.22. The van der Waals surface area contributed by atoms with Crippen molar-refractivity contribution in [3.05, 3.63) is 16.1 Å². The maximum Gasteiger partial charge on any atom is 0.227 e. The van der Waals surface area contributed by atoms with Gasteiger partial charge in [-0.15, -0.1) is 22.9 Å². The van der Waals surface area contributed by atoms with Crippen LogP contribution in [0.4, 0.5) is 0 Å². The summed E-state index contributed by atoms with van der Waals surface area (Å²) in [6, 6.07) is 0.278. The predicted octanol–water partition coefficient (Wildman–Crippen LogP) is 3.51. The Labute approximate surface area is 123 Å². The van der Waals surface area contributed by atoms with Crippen LogP contribution < -0.4 is 5.32 Å². The van der Waals surface area contributed by atoms with Crippen molar-refractivity contribution in [2.45, 2.75) is 57.4 Å². The van der Waals surface area contributed by atoms with Crippen molar-refractivity contribution in [1.82, 2.24) is 10.3 Å². The van der Waals surface area contributed by atoms with Crippen molar-refractivity contribution in [3.63, 3.8) is 0 Å². The summed E-state index contributed by atoms with van der Waals surface area (Å²) in [6.07, 6.45) is 6.81. The highest BCUT2D eigenvalue weighted by Gasteiger charge is 2.21. The van der Waals surface area contributed by atoms with Gasteiger partial charge < -0.3 is 5.32 Å². The SMILES string of the molecule is CC(NC(=O)Cc1nc(CCl)cs1)C1CCCCC1. The second-order valence-electron chi connectivity index (χ2n) is 5.30. The first-order chi connectivity index (χ1) is 9.19. The molecule has 1 atom stereocenters. The molecule has 19 heavy (non-hydrogen) atoms. The number of hydrogen-bond donors (Lipinski definition) is 1. The van der Waals surface area contributed by atoms with E-state index in [1.54, 1.807) is 0 Å². The second kappa shape index (κ2) is 7.25. The Balaban J connectivity index is 1.79. The van der Waals surface area contributed by atoms with Gasteiger partial charge in [-0.2, -0.15) is 0 Å². The largest absolute Gasteiger partial charge is 0.353 e. The quantitative estimate of drug-likeness (QED) is 0.846. The van der Waals surface area contributed by atoms with Gasteiger partial charge >= 0.3 is 0 Å². The van der Waals surface area contributed by atoms with Crippen molar-refractivity contribution in [1.29, 1.82) is 0 Å². The maximum atomic E-state index is 12.0. The number of carbonyl (C=O) groups excluding carboxylic acids is 1. The minimum Gasteiger partial charge on any atom is -0.353 e. The zero-order chi connectivity index (χ0) is 13.7. The van der Waals surface area contributed by atoms with Gasteiger partial charge in [0.05, 0.1) is 18.0 Å². The molecule has 3 nitrogen and oxygen atoms in total. The second-order valence-corrected chi connectivity index (χ2v) is 6.51. The van der Waals surface area contributed by atoms with Crippen LogP contribution in [0.3, 0.4) is 0 Å². The Morgan fingerprint density at radius 1 is 1.53 bits per heavy atom. The summed E-state index contributed by atoms with van der Waals surface area (Å²) in [5.74, 6) is 1.14. The molecule has 0 spiro atoms. The third-order valence-corrected chi connectivity index (χ3v) is 4.97. The number of halogens is 1. The Bertz CT molecular complexity index is 415. The highest BCUT2D eigenvalue weighted by atomic mass is 35.5. The number of thiazole rings is 1. The first kappa shape index (κ1) is 14.8. The number of alkyl halides is 1. The molecule has 0 aromatic carbocycles. The molecule has 1 aromatic heterocycles. The zero-order valence-corrected chi connectivity index (χ0v) is 12.9. The van der Waals surface area contributed by atoms with E-state index >= 15 is 0 Å². The van der Waals surface area contributed by atoms with Gasteiger partial charge in [-0.3, -0.25) is 4.79 Å². The minimum atomic E-state index is 0.0774. The van der Waals surface area contributed by atoms with Crippen molar-refractivity contribution in [2.24, 2.45) is 5.92 Å². The summed E-state index contributed by atoms with van der Waals surface area (Å²) in [5, 5.41) is 5.89. The van der Waals surface area contributed by atoms with Crippen LogP contribution in [0.1, 0.15) is 49.7 Å². The lowest BCUT2D eigenvalue weighted by Crippen LogP contribution is -2.39. The van der Waals surface area contributed by atoms with Crippen molar-refractivity contribution >= 4 is 28.8 Å². The first-order valence-electron chi connectivity index (χ1n) is 6.97. The van der Waals surface area contributed by atoms with E-state index in [0.29, 0.717) is 18.2 Å². The van der Waals surface area contributed by atoms with Crippen LogP contribution in [0.2, 0.25) is 0 Å². The van der Waals surface area contributed by atoms with Gasteiger partial charge in [-0.25, -0.2) is 4.98 Å². The van der Waals surface area contributed by atoms with Gasteiger partial charge in [-0.05, 0) is 25.7 Å². The smallest absolute Gasteiger partial charge is 0.227 e. The van der Waals surface area contributed by atoms with Gasteiger partial charge in [0.25, 0.3) is 0 Å². The third kappa shape index (κ3) is 4.46. The lowest BCUT2D eigenvalue weighted by atomic mass is 9.84. The molecule has 1 saturated carbocycles. The molecule has 0 radical (unpaired) electrons. The van der Waals surface area contributed by atoms with Crippen LogP contribution >= 0.6 is 22.9 Å². The number of carbonyl (C=O) groups is 1. The topological polar surface area (TPSA) is 42.0 Å². The van der Waals surface area contributed by atoms with Gasteiger partial charge in [0.1, 0.15) is 5.01 Å². The molecule has 0 aliphatic heterocycles. The van der Waals surface area contributed by atoms with E-state index in [-0.39, 0.29) is 11.9 Å². The van der Waals surface area contributed by atoms with Crippen LogP contribution in [0, 0.1) is 5.92 Å². The van der Waals surface area contributed by atoms with E-state index in [2.05, 4.69) is 17.2 Å². The summed E-state index contributed by atoms with van der Waals surface area (Å²) in [4.78, 5) is 16.3. The first-order valence-corrected chi connectivity index (χ1v) is 8.39. The number of nitrogens with zero attached hydrogens (tertiary/aromatic N) is 1. The number of nitrogens with one attached hydrogen (secondary N) is 1. The lowest BCUT2D eigenvalue weighted by Gasteiger charge is -2.28. The summed E-state index contributed by atoms with van der Waals surface area (Å²) in [6.45, 7) is 2.12. The molecule has 0 bridgehead atoms. The van der Waals surface area contributed by atoms with Crippen LogP contribution in [0.15, 0.2) is 5.38 Å². The molecule has 1 fully saturated rings. The van der Waals surface area contributed by atoms with Crippen molar-refractivity contribution in [2.75, 3.05) is 0 Å². The molecule has 1 aliphatic carbocycles. The zero-order valence-electron chi connectivity index (χ0n) is 11.3. The van der Waals surface area contributed by atoms with E-state index in [1.807, 2.05) is 5.38 Å². The van der Waals surface area contributed by atoms with E-state index in [4.69, 9.17) is 11.6 Å². The minimum absolute atomic E-state index is 0.0774. The van der Waals surface area contributed by atoms with E-state index < -0.39 is 0 Å². The average Bonchev–Trinajstić information content (AvgIpc) is 2.87. The summed E-state index contributed by atoms with van der Waals surface area (Å²) < 4.78 is 0. The molecule has 2 rings (SSSR count). The Morgan fingerprint density at radius 2 is 2.26 bits per heavy atom. The van der Waals surface area contributed by atoms with E-state index in [0.717, 1.165) is 10.7 Å². The predicted molar refractivity (Wildman–Crippen MR) is 79.6 cm³/mol.